The number of anilines is 2. The molecule has 0 saturated carbocycles. The molecular weight excluding hydrogens is 433 g/mol. The van der Waals surface area contributed by atoms with E-state index in [4.69, 9.17) is 5.73 Å². The molecule has 1 saturated heterocycles. The normalized spacial score (nSPS) is 15.5. The zero-order valence-electron chi connectivity index (χ0n) is 17.8. The summed E-state index contributed by atoms with van der Waals surface area (Å²) in [5.41, 5.74) is 6.46. The summed E-state index contributed by atoms with van der Waals surface area (Å²) in [6.07, 6.45) is 4.36. The number of primary amides is 1. The van der Waals surface area contributed by atoms with Gasteiger partial charge in [0.05, 0.1) is 17.6 Å². The zero-order chi connectivity index (χ0) is 22.9. The van der Waals surface area contributed by atoms with Crippen LogP contribution in [-0.2, 0) is 11.8 Å². The number of aromatic nitrogens is 3. The highest BCUT2D eigenvalue weighted by atomic mass is 32.1. The summed E-state index contributed by atoms with van der Waals surface area (Å²) in [6, 6.07) is 4.54. The van der Waals surface area contributed by atoms with Crippen molar-refractivity contribution in [2.75, 3.05) is 30.4 Å². The zero-order valence-corrected chi connectivity index (χ0v) is 18.6. The Morgan fingerprint density at radius 2 is 2.03 bits per heavy atom. The van der Waals surface area contributed by atoms with Crippen molar-refractivity contribution in [3.05, 3.63) is 47.5 Å². The van der Waals surface area contributed by atoms with Gasteiger partial charge < -0.3 is 21.3 Å². The Kier molecular flexibility index (Phi) is 5.94. The second-order valence-electron chi connectivity index (χ2n) is 7.71. The van der Waals surface area contributed by atoms with Gasteiger partial charge in [-0.3, -0.25) is 14.3 Å². The maximum Gasteiger partial charge on any atom is 0.275 e. The molecule has 0 radical (unpaired) electrons. The van der Waals surface area contributed by atoms with Gasteiger partial charge in [0.15, 0.2) is 0 Å². The molecule has 4 rings (SSSR count). The number of thiazole rings is 1. The summed E-state index contributed by atoms with van der Waals surface area (Å²) < 4.78 is 16.5. The van der Waals surface area contributed by atoms with E-state index in [0.717, 1.165) is 5.56 Å². The molecule has 0 atom stereocenters. The minimum atomic E-state index is -0.811. The standard InChI is InChI=1S/C21H24FN7O2S/c1-24-21(20(23)31)6-8-29(9-7-21)17-14(22)4-3-5-15(17)26-18(30)16-12-32-19(27-16)13-10-25-28(2)11-13/h3-5,10-12,24H,6-9H2,1-2H3,(H2,23,31)(H,26,30). The molecule has 0 spiro atoms. The van der Waals surface area contributed by atoms with Gasteiger partial charge in [0, 0.05) is 37.3 Å². The first-order valence-corrected chi connectivity index (χ1v) is 11.0. The number of hydrogen-bond acceptors (Lipinski definition) is 7. The molecule has 1 aliphatic rings. The molecule has 0 unspecified atom stereocenters. The van der Waals surface area contributed by atoms with Crippen LogP contribution in [0.2, 0.25) is 0 Å². The van der Waals surface area contributed by atoms with E-state index in [-0.39, 0.29) is 11.4 Å². The Bertz CT molecular complexity index is 1150. The molecule has 168 valence electrons. The van der Waals surface area contributed by atoms with Crippen molar-refractivity contribution in [3.8, 4) is 10.6 Å². The molecule has 1 aliphatic heterocycles. The second kappa shape index (κ2) is 8.67. The first-order chi connectivity index (χ1) is 15.3. The number of nitrogens with one attached hydrogen (secondary N) is 2. The molecule has 11 heteroatoms. The number of nitrogens with zero attached hydrogens (tertiary/aromatic N) is 4. The molecule has 4 N–H and O–H groups in total. The van der Waals surface area contributed by atoms with E-state index in [1.54, 1.807) is 42.5 Å². The number of amides is 2. The molecule has 2 amide bonds. The lowest BCUT2D eigenvalue weighted by Gasteiger charge is -2.41. The van der Waals surface area contributed by atoms with Crippen LogP contribution in [-0.4, -0.2) is 52.3 Å². The minimum absolute atomic E-state index is 0.241. The van der Waals surface area contributed by atoms with Gasteiger partial charge in [-0.1, -0.05) is 6.07 Å². The number of aryl methyl sites for hydroxylation is 1. The predicted molar refractivity (Wildman–Crippen MR) is 121 cm³/mol. The smallest absolute Gasteiger partial charge is 0.275 e. The molecular formula is C21H24FN7O2S. The van der Waals surface area contributed by atoms with Crippen molar-refractivity contribution in [3.63, 3.8) is 0 Å². The van der Waals surface area contributed by atoms with E-state index < -0.39 is 23.2 Å². The van der Waals surface area contributed by atoms with Crippen molar-refractivity contribution in [2.45, 2.75) is 18.4 Å². The molecule has 3 aromatic rings. The third-order valence-electron chi connectivity index (χ3n) is 5.81. The summed E-state index contributed by atoms with van der Waals surface area (Å²) in [5, 5.41) is 12.2. The fourth-order valence-corrected chi connectivity index (χ4v) is 4.67. The Labute approximate surface area is 188 Å². The van der Waals surface area contributed by atoms with Crippen molar-refractivity contribution in [1.82, 2.24) is 20.1 Å². The van der Waals surface area contributed by atoms with Crippen molar-refractivity contribution < 1.29 is 14.0 Å². The van der Waals surface area contributed by atoms with E-state index in [1.165, 1.54) is 17.4 Å². The summed E-state index contributed by atoms with van der Waals surface area (Å²) in [6.45, 7) is 0.824. The summed E-state index contributed by atoms with van der Waals surface area (Å²) >= 11 is 1.33. The van der Waals surface area contributed by atoms with E-state index in [1.807, 2.05) is 11.1 Å². The monoisotopic (exact) mass is 457 g/mol. The van der Waals surface area contributed by atoms with Crippen LogP contribution in [0.5, 0.6) is 0 Å². The largest absolute Gasteiger partial charge is 0.368 e. The van der Waals surface area contributed by atoms with Gasteiger partial charge in [0.25, 0.3) is 5.91 Å². The average molecular weight is 458 g/mol. The molecule has 32 heavy (non-hydrogen) atoms. The number of piperidine rings is 1. The molecule has 1 fully saturated rings. The van der Waals surface area contributed by atoms with E-state index in [0.29, 0.717) is 36.6 Å². The van der Waals surface area contributed by atoms with Gasteiger partial charge in [0.2, 0.25) is 5.91 Å². The van der Waals surface area contributed by atoms with Crippen LogP contribution in [0.15, 0.2) is 36.0 Å². The number of hydrogen-bond donors (Lipinski definition) is 3. The van der Waals surface area contributed by atoms with Crippen molar-refractivity contribution in [1.29, 1.82) is 0 Å². The second-order valence-corrected chi connectivity index (χ2v) is 8.57. The Morgan fingerprint density at radius 3 is 2.66 bits per heavy atom. The molecule has 2 aromatic heterocycles. The van der Waals surface area contributed by atoms with Crippen LogP contribution in [0.25, 0.3) is 10.6 Å². The number of para-hydroxylation sites is 1. The van der Waals surface area contributed by atoms with Crippen LogP contribution in [0.1, 0.15) is 23.3 Å². The Morgan fingerprint density at radius 1 is 1.28 bits per heavy atom. The van der Waals surface area contributed by atoms with Crippen LogP contribution in [0.4, 0.5) is 15.8 Å². The summed E-state index contributed by atoms with van der Waals surface area (Å²) in [5.74, 6) is -1.30. The van der Waals surface area contributed by atoms with Crippen LogP contribution in [0.3, 0.4) is 0 Å². The number of halogens is 1. The quantitative estimate of drug-likeness (QED) is 0.521. The van der Waals surface area contributed by atoms with Gasteiger partial charge in [-0.25, -0.2) is 9.37 Å². The van der Waals surface area contributed by atoms with Gasteiger partial charge in [-0.05, 0) is 32.0 Å². The fourth-order valence-electron chi connectivity index (χ4n) is 3.90. The highest BCUT2D eigenvalue weighted by molar-refractivity contribution is 7.13. The first kappa shape index (κ1) is 21.9. The van der Waals surface area contributed by atoms with Crippen molar-refractivity contribution >= 4 is 34.5 Å². The van der Waals surface area contributed by atoms with Gasteiger partial charge >= 0.3 is 0 Å². The Hall–Kier alpha value is -3.31. The van der Waals surface area contributed by atoms with Gasteiger partial charge in [-0.2, -0.15) is 5.10 Å². The van der Waals surface area contributed by atoms with Gasteiger partial charge in [-0.15, -0.1) is 11.3 Å². The fraction of sp³-hybridized carbons (Fsp3) is 0.333. The van der Waals surface area contributed by atoms with Gasteiger partial charge in [0.1, 0.15) is 22.1 Å². The maximum atomic E-state index is 14.8. The lowest BCUT2D eigenvalue weighted by molar-refractivity contribution is -0.125. The predicted octanol–water partition coefficient (Wildman–Crippen LogP) is 1.98. The molecule has 9 nitrogen and oxygen atoms in total. The van der Waals surface area contributed by atoms with E-state index in [2.05, 4.69) is 20.7 Å². The third-order valence-corrected chi connectivity index (χ3v) is 6.70. The Balaban J connectivity index is 1.53. The number of carbonyl (C=O) groups excluding carboxylic acids is 2. The third kappa shape index (κ3) is 4.08. The van der Waals surface area contributed by atoms with Crippen LogP contribution >= 0.6 is 11.3 Å². The van der Waals surface area contributed by atoms with Crippen LogP contribution in [0, 0.1) is 5.82 Å². The SMILES string of the molecule is CNC1(C(N)=O)CCN(c2c(F)cccc2NC(=O)c2csc(-c3cnn(C)c3)n2)CC1. The van der Waals surface area contributed by atoms with E-state index in [9.17, 15) is 14.0 Å². The number of nitrogens with two attached hydrogens (primary N) is 1. The molecule has 0 bridgehead atoms. The number of carbonyl (C=O) groups is 2. The molecule has 1 aromatic carbocycles. The number of benzene rings is 1. The molecule has 3 heterocycles. The lowest BCUT2D eigenvalue weighted by atomic mass is 9.86. The molecule has 0 aliphatic carbocycles. The van der Waals surface area contributed by atoms with Crippen molar-refractivity contribution in [2.24, 2.45) is 12.8 Å². The summed E-state index contributed by atoms with van der Waals surface area (Å²) in [7, 11) is 3.50. The highest BCUT2D eigenvalue weighted by Crippen LogP contribution is 2.34. The number of likely N-dealkylation sites (N-methyl/N-ethyl adjacent to an activating group) is 1. The first-order valence-electron chi connectivity index (χ1n) is 10.1. The number of rotatable bonds is 6. The lowest BCUT2D eigenvalue weighted by Crippen LogP contribution is -2.59. The average Bonchev–Trinajstić information content (AvgIpc) is 3.43. The highest BCUT2D eigenvalue weighted by Gasteiger charge is 2.39. The summed E-state index contributed by atoms with van der Waals surface area (Å²) in [4.78, 5) is 31.0. The topological polar surface area (TPSA) is 118 Å². The minimum Gasteiger partial charge on any atom is -0.368 e. The van der Waals surface area contributed by atoms with Crippen LogP contribution < -0.4 is 21.3 Å². The maximum absolute atomic E-state index is 14.8. The van der Waals surface area contributed by atoms with E-state index >= 15 is 0 Å².